The summed E-state index contributed by atoms with van der Waals surface area (Å²) in [5.41, 5.74) is 3.87. The maximum atomic E-state index is 13.2. The Morgan fingerprint density at radius 1 is 0.971 bits per heavy atom. The number of pyridine rings is 2. The van der Waals surface area contributed by atoms with E-state index in [0.717, 1.165) is 5.56 Å². The van der Waals surface area contributed by atoms with Crippen molar-refractivity contribution < 1.29 is 23.8 Å². The van der Waals surface area contributed by atoms with Crippen molar-refractivity contribution >= 4 is 11.8 Å². The van der Waals surface area contributed by atoms with Gasteiger partial charge in [0.1, 0.15) is 0 Å². The number of nitrogens with zero attached hydrogens (tertiary/aromatic N) is 4. The number of rotatable bonds is 6. The summed E-state index contributed by atoms with van der Waals surface area (Å²) in [6.45, 7) is 1.87. The van der Waals surface area contributed by atoms with Gasteiger partial charge in [0.15, 0.2) is 11.5 Å². The van der Waals surface area contributed by atoms with Crippen LogP contribution in [0.1, 0.15) is 33.3 Å². The van der Waals surface area contributed by atoms with E-state index in [1.807, 2.05) is 24.3 Å². The predicted octanol–water partition coefficient (Wildman–Crippen LogP) is 3.73. The molecule has 1 aliphatic carbocycles. The maximum Gasteiger partial charge on any atom is 0.359 e. The number of fused-ring (bicyclic) bond motifs is 3. The summed E-state index contributed by atoms with van der Waals surface area (Å²) in [5.74, 6) is -0.0480. The van der Waals surface area contributed by atoms with E-state index in [1.54, 1.807) is 49.3 Å². The van der Waals surface area contributed by atoms with Crippen molar-refractivity contribution in [2.24, 2.45) is 0 Å². The molecule has 5 rings (SSSR count). The van der Waals surface area contributed by atoms with E-state index >= 15 is 0 Å². The molecule has 4 aromatic rings. The molecule has 0 fully saturated rings. The highest BCUT2D eigenvalue weighted by Gasteiger charge is 2.37. The van der Waals surface area contributed by atoms with E-state index in [9.17, 15) is 9.59 Å². The number of carbonyl (C=O) groups excluding carboxylic acids is 2. The molecule has 3 aromatic heterocycles. The third kappa shape index (κ3) is 3.29. The normalized spacial score (nSPS) is 11.7. The van der Waals surface area contributed by atoms with E-state index < -0.39 is 5.97 Å². The Morgan fingerprint density at radius 2 is 1.76 bits per heavy atom. The average Bonchev–Trinajstić information content (AvgIpc) is 3.41. The van der Waals surface area contributed by atoms with E-state index in [1.165, 1.54) is 7.11 Å². The summed E-state index contributed by atoms with van der Waals surface area (Å²) in [6, 6.07) is 12.6. The monoisotopic (exact) mass is 456 g/mol. The second-order valence-electron chi connectivity index (χ2n) is 7.42. The molecule has 0 radical (unpaired) electrons. The number of hydrogen-bond donors (Lipinski definition) is 0. The molecule has 0 saturated heterocycles. The number of hydrogen-bond acceptors (Lipinski definition) is 8. The fourth-order valence-electron chi connectivity index (χ4n) is 4.02. The first-order chi connectivity index (χ1) is 16.6. The van der Waals surface area contributed by atoms with Gasteiger partial charge in [0.25, 0.3) is 0 Å². The van der Waals surface area contributed by atoms with Crippen molar-refractivity contribution in [1.29, 1.82) is 0 Å². The molecule has 3 heterocycles. The van der Waals surface area contributed by atoms with Crippen LogP contribution < -0.4 is 9.47 Å². The lowest BCUT2D eigenvalue weighted by Crippen LogP contribution is -2.11. The van der Waals surface area contributed by atoms with E-state index in [-0.39, 0.29) is 23.6 Å². The Kier molecular flexibility index (Phi) is 5.29. The summed E-state index contributed by atoms with van der Waals surface area (Å²) in [4.78, 5) is 34.6. The van der Waals surface area contributed by atoms with Gasteiger partial charge in [-0.2, -0.15) is 5.10 Å². The molecule has 0 spiro atoms. The van der Waals surface area contributed by atoms with Crippen LogP contribution >= 0.6 is 0 Å². The third-order valence-electron chi connectivity index (χ3n) is 5.54. The predicted molar refractivity (Wildman–Crippen MR) is 123 cm³/mol. The maximum absolute atomic E-state index is 13.2. The van der Waals surface area contributed by atoms with Crippen molar-refractivity contribution in [3.05, 3.63) is 71.7 Å². The van der Waals surface area contributed by atoms with Crippen LogP contribution in [-0.2, 0) is 4.74 Å². The standard InChI is InChI=1S/C25H20N4O5/c1-4-34-25(31)21-20-22(16-7-5-6-8-17(16)23(20)30)29(28-21)15-11-18(24(33-3)27-13-15)14-9-10-19(32-2)26-12-14/h5-13H,4H2,1-3H3. The third-order valence-corrected chi connectivity index (χ3v) is 5.54. The van der Waals surface area contributed by atoms with Gasteiger partial charge in [-0.05, 0) is 19.1 Å². The summed E-state index contributed by atoms with van der Waals surface area (Å²) >= 11 is 0. The number of ether oxygens (including phenoxy) is 3. The first-order valence-corrected chi connectivity index (χ1v) is 10.6. The molecule has 34 heavy (non-hydrogen) atoms. The second kappa shape index (κ2) is 8.43. The van der Waals surface area contributed by atoms with Crippen molar-refractivity contribution in [3.63, 3.8) is 0 Å². The van der Waals surface area contributed by atoms with Crippen molar-refractivity contribution in [2.45, 2.75) is 6.92 Å². The number of aromatic nitrogens is 4. The fourth-order valence-corrected chi connectivity index (χ4v) is 4.02. The number of methoxy groups -OCH3 is 2. The Bertz CT molecular complexity index is 1430. The van der Waals surface area contributed by atoms with E-state index in [0.29, 0.717) is 39.8 Å². The number of benzene rings is 1. The quantitative estimate of drug-likeness (QED) is 0.356. The van der Waals surface area contributed by atoms with E-state index in [4.69, 9.17) is 14.2 Å². The lowest BCUT2D eigenvalue weighted by molar-refractivity contribution is 0.0516. The first-order valence-electron chi connectivity index (χ1n) is 10.6. The highest BCUT2D eigenvalue weighted by Crippen LogP contribution is 2.40. The summed E-state index contributed by atoms with van der Waals surface area (Å²) in [6.07, 6.45) is 3.23. The minimum absolute atomic E-state index is 0.0264. The largest absolute Gasteiger partial charge is 0.481 e. The molecule has 0 saturated carbocycles. The first kappa shape index (κ1) is 21.3. The minimum atomic E-state index is -0.653. The van der Waals surface area contributed by atoms with Crippen LogP contribution in [0.25, 0.3) is 28.1 Å². The van der Waals surface area contributed by atoms with Gasteiger partial charge in [-0.3, -0.25) is 4.79 Å². The summed E-state index contributed by atoms with van der Waals surface area (Å²) in [5, 5.41) is 4.49. The molecule has 0 N–H and O–H groups in total. The van der Waals surface area contributed by atoms with Crippen molar-refractivity contribution in [1.82, 2.24) is 19.7 Å². The zero-order chi connectivity index (χ0) is 23.8. The van der Waals surface area contributed by atoms with Crippen LogP contribution in [0, 0.1) is 0 Å². The molecule has 1 aromatic carbocycles. The number of ketones is 1. The van der Waals surface area contributed by atoms with Crippen LogP contribution in [0.15, 0.2) is 54.9 Å². The lowest BCUT2D eigenvalue weighted by Gasteiger charge is -2.12. The van der Waals surface area contributed by atoms with Gasteiger partial charge >= 0.3 is 5.97 Å². The number of carbonyl (C=O) groups is 2. The lowest BCUT2D eigenvalue weighted by atomic mass is 10.1. The SMILES string of the molecule is CCOC(=O)c1nn(-c2cnc(OC)c(-c3ccc(OC)nc3)c2)c2c1C(=O)c1ccccc1-2. The van der Waals surface area contributed by atoms with Gasteiger partial charge in [-0.15, -0.1) is 0 Å². The Hall–Kier alpha value is -4.53. The number of esters is 1. The van der Waals surface area contributed by atoms with Gasteiger partial charge in [0.2, 0.25) is 11.8 Å². The Labute approximate surface area is 194 Å². The molecule has 0 bridgehead atoms. The highest BCUT2D eigenvalue weighted by molar-refractivity contribution is 6.24. The molecule has 0 atom stereocenters. The van der Waals surface area contributed by atoms with Crippen LogP contribution in [0.4, 0.5) is 0 Å². The van der Waals surface area contributed by atoms with Crippen LogP contribution in [0.5, 0.6) is 11.8 Å². The van der Waals surface area contributed by atoms with Gasteiger partial charge in [-0.25, -0.2) is 19.4 Å². The average molecular weight is 456 g/mol. The van der Waals surface area contributed by atoms with E-state index in [2.05, 4.69) is 15.1 Å². The van der Waals surface area contributed by atoms with Gasteiger partial charge in [0, 0.05) is 34.5 Å². The smallest absolute Gasteiger partial charge is 0.359 e. The van der Waals surface area contributed by atoms with Crippen LogP contribution in [0.3, 0.4) is 0 Å². The van der Waals surface area contributed by atoms with Crippen LogP contribution in [0.2, 0.25) is 0 Å². The van der Waals surface area contributed by atoms with Gasteiger partial charge in [-0.1, -0.05) is 24.3 Å². The fraction of sp³-hybridized carbons (Fsp3) is 0.160. The topological polar surface area (TPSA) is 105 Å². The molecule has 0 aliphatic heterocycles. The summed E-state index contributed by atoms with van der Waals surface area (Å²) in [7, 11) is 3.07. The highest BCUT2D eigenvalue weighted by atomic mass is 16.5. The zero-order valence-corrected chi connectivity index (χ0v) is 18.7. The van der Waals surface area contributed by atoms with Crippen molar-refractivity contribution in [3.8, 4) is 39.8 Å². The molecular weight excluding hydrogens is 436 g/mol. The van der Waals surface area contributed by atoms with Crippen molar-refractivity contribution in [2.75, 3.05) is 20.8 Å². The molecule has 0 amide bonds. The zero-order valence-electron chi connectivity index (χ0n) is 18.7. The summed E-state index contributed by atoms with van der Waals surface area (Å²) < 4.78 is 17.3. The molecule has 0 unspecified atom stereocenters. The molecule has 170 valence electrons. The van der Waals surface area contributed by atoms with Crippen LogP contribution in [-0.4, -0.2) is 52.3 Å². The molecular formula is C25H20N4O5. The minimum Gasteiger partial charge on any atom is -0.481 e. The second-order valence-corrected chi connectivity index (χ2v) is 7.42. The molecule has 9 heteroatoms. The Morgan fingerprint density at radius 3 is 2.44 bits per heavy atom. The van der Waals surface area contributed by atoms with Gasteiger partial charge in [0.05, 0.1) is 44.0 Å². The molecule has 1 aliphatic rings. The van der Waals surface area contributed by atoms with Gasteiger partial charge < -0.3 is 14.2 Å². The Balaban J connectivity index is 1.72. The molecule has 9 nitrogen and oxygen atoms in total.